The van der Waals surface area contributed by atoms with Crippen molar-refractivity contribution >= 4 is 35.6 Å². The van der Waals surface area contributed by atoms with Crippen LogP contribution in [0.5, 0.6) is 0 Å². The highest BCUT2D eigenvalue weighted by Gasteiger charge is 2.27. The van der Waals surface area contributed by atoms with Crippen molar-refractivity contribution in [2.24, 2.45) is 11.7 Å². The minimum absolute atomic E-state index is 0. The summed E-state index contributed by atoms with van der Waals surface area (Å²) in [6.07, 6.45) is 4.09. The molecule has 0 aliphatic carbocycles. The summed E-state index contributed by atoms with van der Waals surface area (Å²) in [4.78, 5) is 30.9. The number of nitrogens with zero attached hydrogens (tertiary/aromatic N) is 2. The van der Waals surface area contributed by atoms with E-state index >= 15 is 0 Å². The topological polar surface area (TPSA) is 88.3 Å². The van der Waals surface area contributed by atoms with Gasteiger partial charge in [0.15, 0.2) is 0 Å². The standard InChI is InChI=1S/C17H28N4O2S.ClH/c1-3-12(4-2)17(23)21-9-6-13(7-10-21)19-16(22)14-11-24-15(20-14)5-8-18;/h11-13H,3-10,18H2,1-2H3,(H,19,22);1H. The Labute approximate surface area is 160 Å². The van der Waals surface area contributed by atoms with Crippen LogP contribution in [0.2, 0.25) is 0 Å². The number of likely N-dealkylation sites (tertiary alicyclic amines) is 1. The Kier molecular flexibility index (Phi) is 9.38. The molecule has 2 rings (SSSR count). The third kappa shape index (κ3) is 5.94. The number of hydrogen-bond donors (Lipinski definition) is 2. The Morgan fingerprint density at radius 3 is 2.56 bits per heavy atom. The zero-order valence-corrected chi connectivity index (χ0v) is 16.6. The van der Waals surface area contributed by atoms with Gasteiger partial charge >= 0.3 is 0 Å². The molecule has 1 fully saturated rings. The van der Waals surface area contributed by atoms with Crippen LogP contribution in [-0.2, 0) is 11.2 Å². The summed E-state index contributed by atoms with van der Waals surface area (Å²) in [5, 5.41) is 5.72. The van der Waals surface area contributed by atoms with E-state index in [2.05, 4.69) is 24.1 Å². The fourth-order valence-electron chi connectivity index (χ4n) is 3.05. The lowest BCUT2D eigenvalue weighted by atomic mass is 9.98. The summed E-state index contributed by atoms with van der Waals surface area (Å²) in [6.45, 7) is 6.10. The first-order chi connectivity index (χ1) is 11.6. The van der Waals surface area contributed by atoms with Crippen molar-refractivity contribution in [3.8, 4) is 0 Å². The average Bonchev–Trinajstić information content (AvgIpc) is 3.06. The van der Waals surface area contributed by atoms with Gasteiger partial charge in [0.1, 0.15) is 5.69 Å². The molecule has 2 heterocycles. The van der Waals surface area contributed by atoms with Gasteiger partial charge in [0.25, 0.3) is 5.91 Å². The molecule has 1 aromatic heterocycles. The summed E-state index contributed by atoms with van der Waals surface area (Å²) in [6, 6.07) is 0.114. The normalized spacial score (nSPS) is 15.1. The minimum atomic E-state index is -0.126. The molecule has 142 valence electrons. The maximum Gasteiger partial charge on any atom is 0.270 e. The van der Waals surface area contributed by atoms with Gasteiger partial charge < -0.3 is 16.0 Å². The van der Waals surface area contributed by atoms with Crippen molar-refractivity contribution in [1.82, 2.24) is 15.2 Å². The Morgan fingerprint density at radius 2 is 2.00 bits per heavy atom. The lowest BCUT2D eigenvalue weighted by Crippen LogP contribution is -2.48. The van der Waals surface area contributed by atoms with Crippen LogP contribution in [0.25, 0.3) is 0 Å². The number of amides is 2. The molecule has 0 spiro atoms. The average molecular weight is 389 g/mol. The number of nitrogens with one attached hydrogen (secondary N) is 1. The number of carbonyl (C=O) groups is 2. The zero-order valence-electron chi connectivity index (χ0n) is 15.0. The van der Waals surface area contributed by atoms with Crippen molar-refractivity contribution in [2.45, 2.75) is 52.0 Å². The van der Waals surface area contributed by atoms with Crippen molar-refractivity contribution in [3.05, 3.63) is 16.1 Å². The third-order valence-electron chi connectivity index (χ3n) is 4.62. The molecule has 25 heavy (non-hydrogen) atoms. The molecule has 0 radical (unpaired) electrons. The highest BCUT2D eigenvalue weighted by Crippen LogP contribution is 2.18. The van der Waals surface area contributed by atoms with Gasteiger partial charge in [0, 0.05) is 36.9 Å². The highest BCUT2D eigenvalue weighted by molar-refractivity contribution is 7.09. The largest absolute Gasteiger partial charge is 0.348 e. The molecular formula is C17H29ClN4O2S. The van der Waals surface area contributed by atoms with E-state index in [0.29, 0.717) is 18.7 Å². The second-order valence-electron chi connectivity index (χ2n) is 6.25. The number of halogens is 1. The summed E-state index contributed by atoms with van der Waals surface area (Å²) in [5.41, 5.74) is 5.98. The van der Waals surface area contributed by atoms with E-state index in [1.807, 2.05) is 4.90 Å². The van der Waals surface area contributed by atoms with Crippen molar-refractivity contribution in [2.75, 3.05) is 19.6 Å². The SMILES string of the molecule is CCC(CC)C(=O)N1CCC(NC(=O)c2csc(CCN)n2)CC1.Cl. The van der Waals surface area contributed by atoms with Gasteiger partial charge in [0.05, 0.1) is 5.01 Å². The molecule has 0 aromatic carbocycles. The summed E-state index contributed by atoms with van der Waals surface area (Å²) in [7, 11) is 0. The Balaban J connectivity index is 0.00000312. The molecular weight excluding hydrogens is 360 g/mol. The summed E-state index contributed by atoms with van der Waals surface area (Å²) in [5.74, 6) is 0.266. The van der Waals surface area contributed by atoms with E-state index in [1.165, 1.54) is 11.3 Å². The van der Waals surface area contributed by atoms with Crippen LogP contribution in [0, 0.1) is 5.92 Å². The Bertz CT molecular complexity index is 555. The minimum Gasteiger partial charge on any atom is -0.348 e. The smallest absolute Gasteiger partial charge is 0.270 e. The van der Waals surface area contributed by atoms with Gasteiger partial charge in [-0.15, -0.1) is 23.7 Å². The molecule has 8 heteroatoms. The van der Waals surface area contributed by atoms with Crippen LogP contribution in [0.4, 0.5) is 0 Å². The van der Waals surface area contributed by atoms with Crippen molar-refractivity contribution in [1.29, 1.82) is 0 Å². The third-order valence-corrected chi connectivity index (χ3v) is 5.53. The second kappa shape index (κ2) is 10.7. The molecule has 0 saturated carbocycles. The number of piperidine rings is 1. The molecule has 1 aliphatic rings. The first-order valence-corrected chi connectivity index (χ1v) is 9.71. The molecule has 0 bridgehead atoms. The van der Waals surface area contributed by atoms with Crippen LogP contribution in [0.3, 0.4) is 0 Å². The zero-order chi connectivity index (χ0) is 17.5. The van der Waals surface area contributed by atoms with E-state index in [1.54, 1.807) is 5.38 Å². The molecule has 1 aliphatic heterocycles. The number of aromatic nitrogens is 1. The summed E-state index contributed by atoms with van der Waals surface area (Å²) >= 11 is 1.47. The number of hydrogen-bond acceptors (Lipinski definition) is 5. The maximum absolute atomic E-state index is 12.4. The van der Waals surface area contributed by atoms with Gasteiger partial charge in [0.2, 0.25) is 5.91 Å². The summed E-state index contributed by atoms with van der Waals surface area (Å²) < 4.78 is 0. The molecule has 0 atom stereocenters. The fraction of sp³-hybridized carbons (Fsp3) is 0.706. The molecule has 6 nitrogen and oxygen atoms in total. The fourth-order valence-corrected chi connectivity index (χ4v) is 3.85. The number of rotatable bonds is 7. The van der Waals surface area contributed by atoms with Crippen LogP contribution in [-0.4, -0.2) is 47.4 Å². The van der Waals surface area contributed by atoms with Gasteiger partial charge in [-0.3, -0.25) is 9.59 Å². The van der Waals surface area contributed by atoms with Crippen LogP contribution in [0.15, 0.2) is 5.38 Å². The Hall–Kier alpha value is -1.18. The second-order valence-corrected chi connectivity index (χ2v) is 7.19. The molecule has 2 amide bonds. The monoisotopic (exact) mass is 388 g/mol. The van der Waals surface area contributed by atoms with Crippen molar-refractivity contribution < 1.29 is 9.59 Å². The predicted octanol–water partition coefficient (Wildman–Crippen LogP) is 2.22. The lowest BCUT2D eigenvalue weighted by molar-refractivity contribution is -0.136. The lowest BCUT2D eigenvalue weighted by Gasteiger charge is -2.34. The highest BCUT2D eigenvalue weighted by atomic mass is 35.5. The quantitative estimate of drug-likeness (QED) is 0.749. The van der Waals surface area contributed by atoms with Crippen LogP contribution in [0.1, 0.15) is 55.0 Å². The van der Waals surface area contributed by atoms with E-state index in [9.17, 15) is 9.59 Å². The number of carbonyl (C=O) groups excluding carboxylic acids is 2. The van der Waals surface area contributed by atoms with E-state index in [-0.39, 0.29) is 36.2 Å². The van der Waals surface area contributed by atoms with Crippen LogP contribution >= 0.6 is 23.7 Å². The number of nitrogens with two attached hydrogens (primary N) is 1. The molecule has 0 unspecified atom stereocenters. The number of thiazole rings is 1. The maximum atomic E-state index is 12.4. The first-order valence-electron chi connectivity index (χ1n) is 8.83. The van der Waals surface area contributed by atoms with Gasteiger partial charge in [-0.2, -0.15) is 0 Å². The predicted molar refractivity (Wildman–Crippen MR) is 103 cm³/mol. The van der Waals surface area contributed by atoms with Gasteiger partial charge in [-0.1, -0.05) is 13.8 Å². The van der Waals surface area contributed by atoms with E-state index < -0.39 is 0 Å². The van der Waals surface area contributed by atoms with Crippen molar-refractivity contribution in [3.63, 3.8) is 0 Å². The Morgan fingerprint density at radius 1 is 1.36 bits per heavy atom. The van der Waals surface area contributed by atoms with Gasteiger partial charge in [-0.05, 0) is 32.2 Å². The molecule has 1 saturated heterocycles. The first kappa shape index (κ1) is 21.9. The van der Waals surface area contributed by atoms with E-state index in [4.69, 9.17) is 5.73 Å². The molecule has 3 N–H and O–H groups in total. The molecule has 1 aromatic rings. The van der Waals surface area contributed by atoms with E-state index in [0.717, 1.165) is 43.8 Å². The van der Waals surface area contributed by atoms with Gasteiger partial charge in [-0.25, -0.2) is 4.98 Å². The van der Waals surface area contributed by atoms with Crippen LogP contribution < -0.4 is 11.1 Å².